The molecule has 0 atom stereocenters. The second kappa shape index (κ2) is 4.21. The topological polar surface area (TPSA) is 84.0 Å². The monoisotopic (exact) mass is 274 g/mol. The van der Waals surface area contributed by atoms with Crippen molar-refractivity contribution in [1.82, 2.24) is 4.98 Å². The molecule has 0 bridgehead atoms. The van der Waals surface area contributed by atoms with Crippen LogP contribution in [0.4, 0.5) is 0 Å². The van der Waals surface area contributed by atoms with Crippen LogP contribution in [-0.2, 0) is 9.84 Å². The van der Waals surface area contributed by atoms with Gasteiger partial charge in [-0.25, -0.2) is 13.4 Å². The number of hydrogen-bond acceptors (Lipinski definition) is 5. The van der Waals surface area contributed by atoms with Crippen LogP contribution in [0.15, 0.2) is 40.0 Å². The smallest absolute Gasteiger partial charge is 0.184 e. The second-order valence-corrected chi connectivity index (χ2v) is 6.53. The largest absolute Gasteiger partial charge is 0.464 e. The molecule has 1 saturated carbocycles. The van der Waals surface area contributed by atoms with Crippen LogP contribution >= 0.6 is 0 Å². The molecule has 1 fully saturated rings. The molecule has 0 saturated heterocycles. The van der Waals surface area contributed by atoms with E-state index in [1.165, 1.54) is 12.5 Å². The molecular formula is C13H10N2O3S. The van der Waals surface area contributed by atoms with E-state index in [0.29, 0.717) is 24.2 Å². The lowest BCUT2D eigenvalue weighted by atomic mass is 10.2. The summed E-state index contributed by atoms with van der Waals surface area (Å²) >= 11 is 0. The summed E-state index contributed by atoms with van der Waals surface area (Å²) in [6.07, 6.45) is 4.16. The number of aromatic nitrogens is 1. The average Bonchev–Trinajstić information content (AvgIpc) is 3.15. The van der Waals surface area contributed by atoms with Crippen LogP contribution in [0, 0.1) is 11.3 Å². The highest BCUT2D eigenvalue weighted by molar-refractivity contribution is 7.92. The molecule has 0 N–H and O–H groups in total. The van der Waals surface area contributed by atoms with Gasteiger partial charge in [0.05, 0.1) is 11.5 Å². The summed E-state index contributed by atoms with van der Waals surface area (Å²) in [5.41, 5.74) is 0.337. The molecule has 0 radical (unpaired) electrons. The molecule has 0 amide bonds. The highest BCUT2D eigenvalue weighted by Crippen LogP contribution is 2.39. The van der Waals surface area contributed by atoms with Gasteiger partial charge in [-0.05, 0) is 31.0 Å². The number of hydrogen-bond donors (Lipinski definition) is 0. The molecule has 2 aromatic heterocycles. The number of furan rings is 1. The van der Waals surface area contributed by atoms with E-state index in [9.17, 15) is 8.42 Å². The second-order valence-electron chi connectivity index (χ2n) is 4.37. The van der Waals surface area contributed by atoms with Crippen LogP contribution in [0.2, 0.25) is 0 Å². The minimum absolute atomic E-state index is 0.00468. The van der Waals surface area contributed by atoms with Gasteiger partial charge in [0.2, 0.25) is 0 Å². The third-order valence-electron chi connectivity index (χ3n) is 3.04. The van der Waals surface area contributed by atoms with Crippen molar-refractivity contribution in [1.29, 1.82) is 5.26 Å². The first kappa shape index (κ1) is 11.9. The zero-order chi connectivity index (χ0) is 13.5. The van der Waals surface area contributed by atoms with Crippen molar-refractivity contribution < 1.29 is 12.8 Å². The summed E-state index contributed by atoms with van der Waals surface area (Å²) in [7, 11) is -3.51. The van der Waals surface area contributed by atoms with E-state index in [4.69, 9.17) is 9.68 Å². The van der Waals surface area contributed by atoms with Gasteiger partial charge in [0.25, 0.3) is 0 Å². The minimum atomic E-state index is -3.51. The van der Waals surface area contributed by atoms with Crippen molar-refractivity contribution in [3.05, 3.63) is 36.4 Å². The van der Waals surface area contributed by atoms with Crippen LogP contribution in [0.3, 0.4) is 0 Å². The van der Waals surface area contributed by atoms with Gasteiger partial charge in [-0.3, -0.25) is 0 Å². The summed E-state index contributed by atoms with van der Waals surface area (Å²) in [6, 6.07) is 6.76. The molecule has 2 heterocycles. The third kappa shape index (κ3) is 1.92. The molecule has 0 aliphatic heterocycles. The zero-order valence-corrected chi connectivity index (χ0v) is 10.7. The predicted octanol–water partition coefficient (Wildman–Crippen LogP) is 2.15. The molecule has 6 heteroatoms. The fraction of sp³-hybridized carbons (Fsp3) is 0.231. The standard InChI is InChI=1S/C13H10N2O3S/c14-8-11-13(19(16,17)9-3-4-9)10(5-6-15-11)12-2-1-7-18-12/h1-2,5-7,9H,3-4H2. The van der Waals surface area contributed by atoms with Crippen molar-refractivity contribution in [3.8, 4) is 17.4 Å². The van der Waals surface area contributed by atoms with Crippen LogP contribution in [0.1, 0.15) is 18.5 Å². The molecule has 0 aromatic carbocycles. The summed E-state index contributed by atoms with van der Waals surface area (Å²) < 4.78 is 30.2. The van der Waals surface area contributed by atoms with Crippen molar-refractivity contribution in [2.24, 2.45) is 0 Å². The summed E-state index contributed by atoms with van der Waals surface area (Å²) in [6.45, 7) is 0. The molecule has 19 heavy (non-hydrogen) atoms. The summed E-state index contributed by atoms with van der Waals surface area (Å²) in [5, 5.41) is 8.71. The lowest BCUT2D eigenvalue weighted by Crippen LogP contribution is -2.11. The zero-order valence-electron chi connectivity index (χ0n) is 9.91. The third-order valence-corrected chi connectivity index (χ3v) is 5.38. The van der Waals surface area contributed by atoms with Gasteiger partial charge in [0.1, 0.15) is 16.7 Å². The first-order chi connectivity index (χ1) is 9.14. The van der Waals surface area contributed by atoms with Gasteiger partial charge in [0.15, 0.2) is 15.5 Å². The Kier molecular flexibility index (Phi) is 2.64. The van der Waals surface area contributed by atoms with E-state index in [2.05, 4.69) is 4.98 Å². The normalized spacial score (nSPS) is 15.1. The first-order valence-corrected chi connectivity index (χ1v) is 7.36. The van der Waals surface area contributed by atoms with Gasteiger partial charge >= 0.3 is 0 Å². The highest BCUT2D eigenvalue weighted by Gasteiger charge is 2.40. The van der Waals surface area contributed by atoms with Gasteiger partial charge in [0, 0.05) is 11.8 Å². The van der Waals surface area contributed by atoms with Gasteiger partial charge in [-0.1, -0.05) is 0 Å². The van der Waals surface area contributed by atoms with E-state index >= 15 is 0 Å². The van der Waals surface area contributed by atoms with E-state index in [-0.39, 0.29) is 10.6 Å². The van der Waals surface area contributed by atoms with Gasteiger partial charge in [-0.15, -0.1) is 0 Å². The molecule has 1 aliphatic rings. The Morgan fingerprint density at radius 2 is 2.16 bits per heavy atom. The number of nitriles is 1. The Morgan fingerprint density at radius 3 is 2.74 bits per heavy atom. The fourth-order valence-electron chi connectivity index (χ4n) is 1.99. The Morgan fingerprint density at radius 1 is 1.37 bits per heavy atom. The lowest BCUT2D eigenvalue weighted by molar-refractivity contribution is 0.576. The lowest BCUT2D eigenvalue weighted by Gasteiger charge is -2.09. The SMILES string of the molecule is N#Cc1nccc(-c2ccco2)c1S(=O)(=O)C1CC1. The van der Waals surface area contributed by atoms with Crippen LogP contribution < -0.4 is 0 Å². The molecule has 5 nitrogen and oxygen atoms in total. The quantitative estimate of drug-likeness (QED) is 0.856. The molecule has 0 spiro atoms. The van der Waals surface area contributed by atoms with Gasteiger partial charge in [-0.2, -0.15) is 5.26 Å². The Balaban J connectivity index is 2.30. The Bertz CT molecular complexity index is 754. The molecular weight excluding hydrogens is 264 g/mol. The van der Waals surface area contributed by atoms with Crippen molar-refractivity contribution in [3.63, 3.8) is 0 Å². The summed E-state index contributed by atoms with van der Waals surface area (Å²) in [4.78, 5) is 3.86. The predicted molar refractivity (Wildman–Crippen MR) is 66.9 cm³/mol. The minimum Gasteiger partial charge on any atom is -0.464 e. The van der Waals surface area contributed by atoms with Crippen LogP contribution in [-0.4, -0.2) is 18.7 Å². The Hall–Kier alpha value is -2.13. The molecule has 96 valence electrons. The van der Waals surface area contributed by atoms with E-state index < -0.39 is 15.1 Å². The highest BCUT2D eigenvalue weighted by atomic mass is 32.2. The first-order valence-electron chi connectivity index (χ1n) is 5.81. The maximum atomic E-state index is 12.5. The number of rotatable bonds is 3. The van der Waals surface area contributed by atoms with E-state index in [1.54, 1.807) is 18.2 Å². The maximum Gasteiger partial charge on any atom is 0.184 e. The van der Waals surface area contributed by atoms with Crippen molar-refractivity contribution in [2.45, 2.75) is 23.0 Å². The van der Waals surface area contributed by atoms with Crippen LogP contribution in [0.25, 0.3) is 11.3 Å². The average molecular weight is 274 g/mol. The van der Waals surface area contributed by atoms with Crippen molar-refractivity contribution >= 4 is 9.84 Å². The molecule has 2 aromatic rings. The molecule has 3 rings (SSSR count). The summed E-state index contributed by atoms with van der Waals surface area (Å²) in [5.74, 6) is 0.429. The Labute approximate surface area is 110 Å². The number of pyridine rings is 1. The number of sulfone groups is 1. The maximum absolute atomic E-state index is 12.5. The van der Waals surface area contributed by atoms with Crippen molar-refractivity contribution in [2.75, 3.05) is 0 Å². The number of nitrogens with zero attached hydrogens (tertiary/aromatic N) is 2. The fourth-order valence-corrected chi connectivity index (χ4v) is 3.92. The molecule has 0 unspecified atom stereocenters. The van der Waals surface area contributed by atoms with Gasteiger partial charge < -0.3 is 4.42 Å². The van der Waals surface area contributed by atoms with E-state index in [0.717, 1.165) is 0 Å². The van der Waals surface area contributed by atoms with Crippen LogP contribution in [0.5, 0.6) is 0 Å². The molecule has 1 aliphatic carbocycles. The van der Waals surface area contributed by atoms with E-state index in [1.807, 2.05) is 6.07 Å².